The number of carbonyl (C=O) groups excluding carboxylic acids is 2. The van der Waals surface area contributed by atoms with Crippen molar-refractivity contribution in [2.24, 2.45) is 0 Å². The number of pyridine rings is 1. The van der Waals surface area contributed by atoms with Gasteiger partial charge in [-0.25, -0.2) is 14.6 Å². The van der Waals surface area contributed by atoms with E-state index in [1.807, 2.05) is 58.6 Å². The Morgan fingerprint density at radius 1 is 0.968 bits per heavy atom. The summed E-state index contributed by atoms with van der Waals surface area (Å²) in [6.45, 7) is 11.9. The van der Waals surface area contributed by atoms with Crippen molar-refractivity contribution >= 4 is 18.0 Å². The summed E-state index contributed by atoms with van der Waals surface area (Å²) in [7, 11) is 0. The van der Waals surface area contributed by atoms with Crippen LogP contribution in [0.5, 0.6) is 0 Å². The van der Waals surface area contributed by atoms with Crippen molar-refractivity contribution in [3.63, 3.8) is 0 Å². The zero-order valence-electron chi connectivity index (χ0n) is 19.8. The molecule has 1 aliphatic carbocycles. The van der Waals surface area contributed by atoms with E-state index in [0.717, 1.165) is 44.1 Å². The number of piperidine rings is 1. The van der Waals surface area contributed by atoms with Gasteiger partial charge in [-0.3, -0.25) is 4.90 Å². The van der Waals surface area contributed by atoms with Gasteiger partial charge < -0.3 is 14.4 Å². The van der Waals surface area contributed by atoms with E-state index in [2.05, 4.69) is 4.98 Å². The second kappa shape index (κ2) is 9.05. The predicted octanol–water partition coefficient (Wildman–Crippen LogP) is 5.84. The van der Waals surface area contributed by atoms with Gasteiger partial charge in [-0.2, -0.15) is 0 Å². The Balaban J connectivity index is 1.79. The van der Waals surface area contributed by atoms with Gasteiger partial charge >= 0.3 is 12.2 Å². The molecule has 0 unspecified atom stereocenters. The molecule has 31 heavy (non-hydrogen) atoms. The van der Waals surface area contributed by atoms with Crippen molar-refractivity contribution in [3.05, 3.63) is 23.9 Å². The molecule has 0 N–H and O–H groups in total. The van der Waals surface area contributed by atoms with Crippen LogP contribution in [0.4, 0.5) is 15.4 Å². The fourth-order valence-corrected chi connectivity index (χ4v) is 3.94. The summed E-state index contributed by atoms with van der Waals surface area (Å²) >= 11 is 0. The molecule has 2 aliphatic rings. The van der Waals surface area contributed by atoms with Gasteiger partial charge in [0.15, 0.2) is 0 Å². The molecule has 0 spiro atoms. The van der Waals surface area contributed by atoms with Crippen LogP contribution in [0.25, 0.3) is 0 Å². The normalized spacial score (nSPS) is 20.1. The monoisotopic (exact) mass is 431 g/mol. The van der Waals surface area contributed by atoms with Crippen LogP contribution >= 0.6 is 0 Å². The summed E-state index contributed by atoms with van der Waals surface area (Å²) in [4.78, 5) is 33.7. The number of anilines is 1. The molecule has 0 radical (unpaired) electrons. The lowest BCUT2D eigenvalue weighted by molar-refractivity contribution is 0.00947. The smallest absolute Gasteiger partial charge is 0.416 e. The van der Waals surface area contributed by atoms with Crippen LogP contribution in [-0.4, -0.2) is 45.9 Å². The number of likely N-dealkylation sites (tertiary alicyclic amines) is 1. The Kier molecular flexibility index (Phi) is 6.82. The molecule has 0 bridgehead atoms. The number of hydrogen-bond acceptors (Lipinski definition) is 5. The van der Waals surface area contributed by atoms with E-state index in [0.29, 0.717) is 12.4 Å². The van der Waals surface area contributed by atoms with E-state index < -0.39 is 11.2 Å². The molecule has 7 nitrogen and oxygen atoms in total. The molecule has 1 aromatic heterocycles. The van der Waals surface area contributed by atoms with E-state index in [4.69, 9.17) is 9.47 Å². The van der Waals surface area contributed by atoms with Crippen LogP contribution in [-0.2, 0) is 9.47 Å². The molecule has 1 saturated carbocycles. The first-order chi connectivity index (χ1) is 14.4. The fourth-order valence-electron chi connectivity index (χ4n) is 3.94. The molecule has 3 rings (SSSR count). The van der Waals surface area contributed by atoms with Crippen molar-refractivity contribution in [1.29, 1.82) is 0 Å². The third-order valence-electron chi connectivity index (χ3n) is 5.56. The largest absolute Gasteiger partial charge is 0.444 e. The molecule has 2 amide bonds. The van der Waals surface area contributed by atoms with Crippen LogP contribution in [0.2, 0.25) is 0 Å². The van der Waals surface area contributed by atoms with Crippen LogP contribution in [0.15, 0.2) is 18.3 Å². The van der Waals surface area contributed by atoms with Crippen LogP contribution in [0.3, 0.4) is 0 Å². The number of rotatable bonds is 3. The van der Waals surface area contributed by atoms with Crippen LogP contribution < -0.4 is 4.90 Å². The molecule has 7 heteroatoms. The number of nitrogens with zero attached hydrogens (tertiary/aromatic N) is 3. The Morgan fingerprint density at radius 3 is 2.16 bits per heavy atom. The summed E-state index contributed by atoms with van der Waals surface area (Å²) in [5.41, 5.74) is -0.125. The van der Waals surface area contributed by atoms with Gasteiger partial charge in [0.25, 0.3) is 0 Å². The Bertz CT molecular complexity index is 775. The molecule has 1 aliphatic heterocycles. The lowest BCUT2D eigenvalue weighted by Gasteiger charge is -2.38. The van der Waals surface area contributed by atoms with Gasteiger partial charge in [-0.1, -0.05) is 6.07 Å². The molecule has 2 heterocycles. The van der Waals surface area contributed by atoms with Gasteiger partial charge in [0.2, 0.25) is 0 Å². The number of ether oxygens (including phenoxy) is 2. The van der Waals surface area contributed by atoms with Crippen molar-refractivity contribution in [2.75, 3.05) is 11.4 Å². The average molecular weight is 432 g/mol. The third-order valence-corrected chi connectivity index (χ3v) is 5.56. The minimum Gasteiger partial charge on any atom is -0.444 e. The summed E-state index contributed by atoms with van der Waals surface area (Å²) < 4.78 is 11.2. The molecule has 172 valence electrons. The van der Waals surface area contributed by atoms with E-state index in [9.17, 15) is 9.59 Å². The summed E-state index contributed by atoms with van der Waals surface area (Å²) in [6.07, 6.45) is 7.06. The molecule has 1 atom stereocenters. The number of hydrogen-bond donors (Lipinski definition) is 0. The first-order valence-electron chi connectivity index (χ1n) is 11.4. The van der Waals surface area contributed by atoms with Gasteiger partial charge in [0.1, 0.15) is 17.0 Å². The van der Waals surface area contributed by atoms with Crippen LogP contribution in [0, 0.1) is 0 Å². The number of aromatic nitrogens is 1. The van der Waals surface area contributed by atoms with Gasteiger partial charge in [0, 0.05) is 18.8 Å². The number of amides is 2. The second-order valence-corrected chi connectivity index (χ2v) is 10.6. The molecule has 1 saturated heterocycles. The Morgan fingerprint density at radius 2 is 1.65 bits per heavy atom. The summed E-state index contributed by atoms with van der Waals surface area (Å²) in [5.74, 6) is 0.599. The highest BCUT2D eigenvalue weighted by molar-refractivity contribution is 5.87. The average Bonchev–Trinajstić information content (AvgIpc) is 2.62. The maximum atomic E-state index is 12.8. The second-order valence-electron chi connectivity index (χ2n) is 10.6. The van der Waals surface area contributed by atoms with Crippen molar-refractivity contribution in [3.8, 4) is 0 Å². The lowest BCUT2D eigenvalue weighted by atomic mass is 9.91. The highest BCUT2D eigenvalue weighted by Crippen LogP contribution is 2.34. The van der Waals surface area contributed by atoms with Gasteiger partial charge in [0.05, 0.1) is 6.04 Å². The fraction of sp³-hybridized carbons (Fsp3) is 0.708. The summed E-state index contributed by atoms with van der Waals surface area (Å²) in [5, 5.41) is 0. The minimum atomic E-state index is -0.560. The third kappa shape index (κ3) is 6.11. The standard InChI is InChI=1S/C24H37N3O4/c1-23(2,3)30-21(28)26-15-8-7-12-19(26)17-13-14-20(25-16-17)27(18-10-9-11-18)22(29)31-24(4,5)6/h13-14,16,18-19H,7-12,15H2,1-6H3/t19-/m1/s1. The lowest BCUT2D eigenvalue weighted by Crippen LogP contribution is -2.47. The van der Waals surface area contributed by atoms with Crippen molar-refractivity contribution < 1.29 is 19.1 Å². The van der Waals surface area contributed by atoms with E-state index in [1.165, 1.54) is 0 Å². The highest BCUT2D eigenvalue weighted by atomic mass is 16.6. The minimum absolute atomic E-state index is 0.0659. The van der Waals surface area contributed by atoms with Gasteiger partial charge in [-0.05, 0) is 91.7 Å². The first kappa shape index (κ1) is 23.4. The van der Waals surface area contributed by atoms with Crippen molar-refractivity contribution in [2.45, 2.75) is 103 Å². The zero-order valence-corrected chi connectivity index (χ0v) is 19.8. The van der Waals surface area contributed by atoms with Crippen molar-refractivity contribution in [1.82, 2.24) is 9.88 Å². The molecule has 1 aromatic rings. The molecular weight excluding hydrogens is 394 g/mol. The van der Waals surface area contributed by atoms with Crippen LogP contribution in [0.1, 0.15) is 91.7 Å². The van der Waals surface area contributed by atoms with Gasteiger partial charge in [-0.15, -0.1) is 0 Å². The Labute approximate surface area is 186 Å². The zero-order chi connectivity index (χ0) is 22.8. The van der Waals surface area contributed by atoms with E-state index >= 15 is 0 Å². The maximum Gasteiger partial charge on any atom is 0.416 e. The molecule has 2 fully saturated rings. The number of carbonyl (C=O) groups is 2. The van der Waals surface area contributed by atoms with E-state index in [-0.39, 0.29) is 24.3 Å². The highest BCUT2D eigenvalue weighted by Gasteiger charge is 2.35. The predicted molar refractivity (Wildman–Crippen MR) is 120 cm³/mol. The first-order valence-corrected chi connectivity index (χ1v) is 11.4. The Hall–Kier alpha value is -2.31. The topological polar surface area (TPSA) is 72.0 Å². The maximum absolute atomic E-state index is 12.8. The summed E-state index contributed by atoms with van der Waals surface area (Å²) in [6, 6.07) is 3.91. The molecular formula is C24H37N3O4. The quantitative estimate of drug-likeness (QED) is 0.601. The SMILES string of the molecule is CC(C)(C)OC(=O)N(c1ccc([C@H]2CCCCN2C(=O)OC(C)(C)C)cn1)C1CCC1. The molecule has 0 aromatic carbocycles. The van der Waals surface area contributed by atoms with E-state index in [1.54, 1.807) is 11.1 Å².